The molecular weight excluding hydrogens is 310 g/mol. The van der Waals surface area contributed by atoms with E-state index in [-0.39, 0.29) is 12.5 Å². The Morgan fingerprint density at radius 2 is 1.72 bits per heavy atom. The summed E-state index contributed by atoms with van der Waals surface area (Å²) in [6.45, 7) is 8.64. The summed E-state index contributed by atoms with van der Waals surface area (Å²) in [6.07, 6.45) is 3.54. The molecule has 4 nitrogen and oxygen atoms in total. The second-order valence-electron chi connectivity index (χ2n) is 6.50. The summed E-state index contributed by atoms with van der Waals surface area (Å²) in [5, 5.41) is 3.12. The average Bonchev–Trinajstić information content (AvgIpc) is 2.97. The molecule has 0 spiro atoms. The van der Waals surface area contributed by atoms with E-state index in [9.17, 15) is 4.79 Å². The van der Waals surface area contributed by atoms with E-state index >= 15 is 0 Å². The number of benzene rings is 2. The Hall–Kier alpha value is -2.62. The zero-order chi connectivity index (χ0) is 18.0. The first-order valence-electron chi connectivity index (χ1n) is 8.86. The lowest BCUT2D eigenvalue weighted by molar-refractivity contribution is -0.116. The lowest BCUT2D eigenvalue weighted by Crippen LogP contribution is -2.20. The lowest BCUT2D eigenvalue weighted by atomic mass is 10.0. The molecule has 1 N–H and O–H groups in total. The van der Waals surface area contributed by atoms with Gasteiger partial charge >= 0.3 is 0 Å². The van der Waals surface area contributed by atoms with Crippen LogP contribution in [0.15, 0.2) is 36.7 Å². The Labute approximate surface area is 148 Å². The number of amides is 1. The number of imidazole rings is 1. The zero-order valence-electron chi connectivity index (χ0n) is 15.4. The molecule has 0 aliphatic carbocycles. The summed E-state index contributed by atoms with van der Waals surface area (Å²) in [6, 6.07) is 10.4. The molecule has 130 valence electrons. The van der Waals surface area contributed by atoms with Crippen LogP contribution in [0.4, 0.5) is 5.69 Å². The standard InChI is InChI=1S/C21H25N3O/c1-5-16-8-7-9-17(6-2)21(16)23-20(25)12-24-13-22-18-10-14(3)15(4)11-19(18)24/h7-11,13H,5-6,12H2,1-4H3,(H,23,25). The molecule has 25 heavy (non-hydrogen) atoms. The summed E-state index contributed by atoms with van der Waals surface area (Å²) in [4.78, 5) is 17.1. The summed E-state index contributed by atoms with van der Waals surface area (Å²) < 4.78 is 1.91. The smallest absolute Gasteiger partial charge is 0.244 e. The molecule has 0 aliphatic rings. The van der Waals surface area contributed by atoms with Gasteiger partial charge in [0.05, 0.1) is 17.4 Å². The predicted molar refractivity (Wildman–Crippen MR) is 103 cm³/mol. The minimum Gasteiger partial charge on any atom is -0.324 e. The maximum Gasteiger partial charge on any atom is 0.244 e. The van der Waals surface area contributed by atoms with E-state index in [2.05, 4.69) is 68.3 Å². The van der Waals surface area contributed by atoms with Gasteiger partial charge in [-0.25, -0.2) is 4.98 Å². The molecular formula is C21H25N3O. The number of carbonyl (C=O) groups is 1. The van der Waals surface area contributed by atoms with Crippen LogP contribution in [0.1, 0.15) is 36.1 Å². The van der Waals surface area contributed by atoms with Crippen LogP contribution in [0.2, 0.25) is 0 Å². The summed E-state index contributed by atoms with van der Waals surface area (Å²) >= 11 is 0. The van der Waals surface area contributed by atoms with Gasteiger partial charge in [0.1, 0.15) is 6.54 Å². The molecule has 3 rings (SSSR count). The Balaban J connectivity index is 1.86. The minimum atomic E-state index is -0.0203. The van der Waals surface area contributed by atoms with Crippen molar-refractivity contribution in [3.8, 4) is 0 Å². The molecule has 1 amide bonds. The fourth-order valence-corrected chi connectivity index (χ4v) is 3.18. The van der Waals surface area contributed by atoms with Crippen LogP contribution < -0.4 is 5.32 Å². The molecule has 0 saturated heterocycles. The number of fused-ring (bicyclic) bond motifs is 1. The molecule has 4 heteroatoms. The zero-order valence-corrected chi connectivity index (χ0v) is 15.4. The monoisotopic (exact) mass is 335 g/mol. The van der Waals surface area contributed by atoms with Crippen molar-refractivity contribution in [3.63, 3.8) is 0 Å². The highest BCUT2D eigenvalue weighted by molar-refractivity contribution is 5.93. The van der Waals surface area contributed by atoms with Crippen molar-refractivity contribution in [2.45, 2.75) is 47.1 Å². The number of rotatable bonds is 5. The Morgan fingerprint density at radius 1 is 1.08 bits per heavy atom. The maximum absolute atomic E-state index is 12.7. The lowest BCUT2D eigenvalue weighted by Gasteiger charge is -2.15. The third-order valence-corrected chi connectivity index (χ3v) is 4.81. The normalized spacial score (nSPS) is 11.0. The topological polar surface area (TPSA) is 46.9 Å². The minimum absolute atomic E-state index is 0.0203. The quantitative estimate of drug-likeness (QED) is 0.750. The summed E-state index contributed by atoms with van der Waals surface area (Å²) in [7, 11) is 0. The largest absolute Gasteiger partial charge is 0.324 e. The third kappa shape index (κ3) is 3.43. The van der Waals surface area contributed by atoms with Gasteiger partial charge in [-0.1, -0.05) is 32.0 Å². The number of aromatic nitrogens is 2. The van der Waals surface area contributed by atoms with Gasteiger partial charge in [0, 0.05) is 5.69 Å². The Bertz CT molecular complexity index is 902. The summed E-state index contributed by atoms with van der Waals surface area (Å²) in [5.41, 5.74) is 7.67. The average molecular weight is 335 g/mol. The van der Waals surface area contributed by atoms with Crippen LogP contribution >= 0.6 is 0 Å². The van der Waals surface area contributed by atoms with E-state index in [4.69, 9.17) is 0 Å². The van der Waals surface area contributed by atoms with Crippen molar-refractivity contribution >= 4 is 22.6 Å². The van der Waals surface area contributed by atoms with Gasteiger partial charge in [0.25, 0.3) is 0 Å². The third-order valence-electron chi connectivity index (χ3n) is 4.81. The van der Waals surface area contributed by atoms with Gasteiger partial charge < -0.3 is 9.88 Å². The summed E-state index contributed by atoms with van der Waals surface area (Å²) in [5.74, 6) is -0.0203. The number of carbonyl (C=O) groups excluding carboxylic acids is 1. The Kier molecular flexibility index (Phi) is 4.88. The van der Waals surface area contributed by atoms with E-state index in [1.165, 1.54) is 22.3 Å². The Morgan fingerprint density at radius 3 is 2.36 bits per heavy atom. The molecule has 0 saturated carbocycles. The highest BCUT2D eigenvalue weighted by Crippen LogP contribution is 2.23. The van der Waals surface area contributed by atoms with Crippen molar-refractivity contribution in [1.82, 2.24) is 9.55 Å². The van der Waals surface area contributed by atoms with Crippen LogP contribution in [-0.4, -0.2) is 15.5 Å². The highest BCUT2D eigenvalue weighted by atomic mass is 16.1. The van der Waals surface area contributed by atoms with Crippen LogP contribution in [0.25, 0.3) is 11.0 Å². The predicted octanol–water partition coefficient (Wildman–Crippen LogP) is 4.42. The number of nitrogens with one attached hydrogen (secondary N) is 1. The molecule has 0 bridgehead atoms. The van der Waals surface area contributed by atoms with Gasteiger partial charge in [0.2, 0.25) is 5.91 Å². The molecule has 2 aromatic carbocycles. The first-order valence-corrected chi connectivity index (χ1v) is 8.86. The fourth-order valence-electron chi connectivity index (χ4n) is 3.18. The van der Waals surface area contributed by atoms with Gasteiger partial charge in [0.15, 0.2) is 0 Å². The SMILES string of the molecule is CCc1cccc(CC)c1NC(=O)Cn1cnc2cc(C)c(C)cc21. The molecule has 0 atom stereocenters. The van der Waals surface area contributed by atoms with Crippen molar-refractivity contribution in [2.24, 2.45) is 0 Å². The van der Waals surface area contributed by atoms with Crippen molar-refractivity contribution in [3.05, 3.63) is 58.9 Å². The molecule has 1 heterocycles. The van der Waals surface area contributed by atoms with Crippen LogP contribution in [0, 0.1) is 13.8 Å². The van der Waals surface area contributed by atoms with E-state index < -0.39 is 0 Å². The van der Waals surface area contributed by atoms with Crippen molar-refractivity contribution < 1.29 is 4.79 Å². The molecule has 0 fully saturated rings. The first-order chi connectivity index (χ1) is 12.0. The van der Waals surface area contributed by atoms with Crippen LogP contribution in [-0.2, 0) is 24.2 Å². The molecule has 0 aliphatic heterocycles. The van der Waals surface area contributed by atoms with Crippen LogP contribution in [0.5, 0.6) is 0 Å². The number of para-hydroxylation sites is 1. The van der Waals surface area contributed by atoms with Gasteiger partial charge in [-0.2, -0.15) is 0 Å². The van der Waals surface area contributed by atoms with Gasteiger partial charge in [-0.05, 0) is 61.1 Å². The number of hydrogen-bond acceptors (Lipinski definition) is 2. The van der Waals surface area contributed by atoms with Crippen LogP contribution in [0.3, 0.4) is 0 Å². The van der Waals surface area contributed by atoms with E-state index in [0.717, 1.165) is 29.6 Å². The maximum atomic E-state index is 12.7. The number of anilines is 1. The number of hydrogen-bond donors (Lipinski definition) is 1. The molecule has 3 aromatic rings. The van der Waals surface area contributed by atoms with Crippen molar-refractivity contribution in [2.75, 3.05) is 5.32 Å². The van der Waals surface area contributed by atoms with Crippen molar-refractivity contribution in [1.29, 1.82) is 0 Å². The van der Waals surface area contributed by atoms with E-state index in [1.807, 2.05) is 4.57 Å². The number of aryl methyl sites for hydroxylation is 4. The number of nitrogens with zero attached hydrogens (tertiary/aromatic N) is 2. The van der Waals surface area contributed by atoms with Gasteiger partial charge in [-0.15, -0.1) is 0 Å². The fraction of sp³-hybridized carbons (Fsp3) is 0.333. The van der Waals surface area contributed by atoms with E-state index in [1.54, 1.807) is 6.33 Å². The highest BCUT2D eigenvalue weighted by Gasteiger charge is 2.12. The molecule has 0 radical (unpaired) electrons. The second kappa shape index (κ2) is 7.09. The van der Waals surface area contributed by atoms with Gasteiger partial charge in [-0.3, -0.25) is 4.79 Å². The second-order valence-corrected chi connectivity index (χ2v) is 6.50. The molecule has 1 aromatic heterocycles. The molecule has 0 unspecified atom stereocenters. The van der Waals surface area contributed by atoms with E-state index in [0.29, 0.717) is 0 Å². The first kappa shape index (κ1) is 17.2.